The van der Waals surface area contributed by atoms with Gasteiger partial charge in [0.15, 0.2) is 16.7 Å². The van der Waals surface area contributed by atoms with Crippen molar-refractivity contribution in [1.29, 1.82) is 0 Å². The molecule has 0 N–H and O–H groups in total. The zero-order valence-electron chi connectivity index (χ0n) is 22.2. The number of anilines is 1. The fourth-order valence-electron chi connectivity index (χ4n) is 4.28. The summed E-state index contributed by atoms with van der Waals surface area (Å²) in [5.41, 5.74) is 3.85. The van der Waals surface area contributed by atoms with Crippen LogP contribution in [0.1, 0.15) is 18.1 Å². The number of carbonyl (C=O) groups is 1. The van der Waals surface area contributed by atoms with E-state index < -0.39 is 0 Å². The van der Waals surface area contributed by atoms with Gasteiger partial charge < -0.3 is 19.1 Å². The second kappa shape index (κ2) is 13.4. The first-order valence-electron chi connectivity index (χ1n) is 12.9. The first-order valence-corrected chi connectivity index (χ1v) is 15.6. The number of rotatable bonds is 8. The molecule has 2 saturated heterocycles. The van der Waals surface area contributed by atoms with Crippen molar-refractivity contribution in [2.75, 3.05) is 44.9 Å². The SMILES string of the molecule is CCOc1cc(/C=C2\SC(=Nc3ccc(N4CCOCC4)cc3)N(C)C2=O)cc(Br)c1OCc1ccc(I)cc1. The standard InChI is InChI=1S/C30H29BrIN3O4S/c1-3-38-26-17-21(16-25(31)28(26)39-19-20-4-6-22(32)7-5-20)18-27-29(36)34(2)30(40-27)33-23-8-10-24(11-9-23)35-12-14-37-15-13-35/h4-11,16-18H,3,12-15,19H2,1-2H3/b27-18-,33-30?. The molecule has 3 aromatic carbocycles. The number of nitrogens with zero attached hydrogens (tertiary/aromatic N) is 3. The molecule has 0 saturated carbocycles. The summed E-state index contributed by atoms with van der Waals surface area (Å²) in [6, 6.07) is 20.1. The number of carbonyl (C=O) groups excluding carboxylic acids is 1. The van der Waals surface area contributed by atoms with E-state index in [0.717, 1.165) is 53.3 Å². The van der Waals surface area contributed by atoms with Crippen LogP contribution in [0.4, 0.5) is 11.4 Å². The van der Waals surface area contributed by atoms with Gasteiger partial charge in [-0.3, -0.25) is 9.69 Å². The lowest BCUT2D eigenvalue weighted by atomic mass is 10.1. The van der Waals surface area contributed by atoms with Crippen molar-refractivity contribution in [2.24, 2.45) is 4.99 Å². The molecule has 2 fully saturated rings. The highest BCUT2D eigenvalue weighted by atomic mass is 127. The van der Waals surface area contributed by atoms with Crippen LogP contribution < -0.4 is 14.4 Å². The van der Waals surface area contributed by atoms with Crippen molar-refractivity contribution in [2.45, 2.75) is 13.5 Å². The maximum absolute atomic E-state index is 13.1. The minimum Gasteiger partial charge on any atom is -0.490 e. The number of amides is 1. The quantitative estimate of drug-likeness (QED) is 0.182. The zero-order chi connectivity index (χ0) is 28.1. The van der Waals surface area contributed by atoms with Gasteiger partial charge in [-0.2, -0.15) is 0 Å². The molecule has 2 aliphatic heterocycles. The molecule has 0 spiro atoms. The molecular formula is C30H29BrIN3O4S. The van der Waals surface area contributed by atoms with E-state index >= 15 is 0 Å². The van der Waals surface area contributed by atoms with Crippen LogP contribution in [0, 0.1) is 3.57 Å². The van der Waals surface area contributed by atoms with Gasteiger partial charge in [-0.05, 0) is 123 Å². The number of ether oxygens (including phenoxy) is 3. The first kappa shape index (κ1) is 29.0. The van der Waals surface area contributed by atoms with Gasteiger partial charge in [0, 0.05) is 29.4 Å². The summed E-state index contributed by atoms with van der Waals surface area (Å²) >= 11 is 7.29. The Hall–Kier alpha value is -2.54. The molecule has 3 aromatic rings. The molecule has 2 aliphatic rings. The van der Waals surface area contributed by atoms with Crippen LogP contribution in [0.25, 0.3) is 6.08 Å². The summed E-state index contributed by atoms with van der Waals surface area (Å²) in [6.07, 6.45) is 1.86. The Balaban J connectivity index is 1.33. The van der Waals surface area contributed by atoms with E-state index in [1.807, 2.05) is 49.4 Å². The average molecular weight is 734 g/mol. The van der Waals surface area contributed by atoms with E-state index in [2.05, 4.69) is 67.7 Å². The predicted octanol–water partition coefficient (Wildman–Crippen LogP) is 7.10. The van der Waals surface area contributed by atoms with Crippen LogP contribution in [-0.4, -0.2) is 55.9 Å². The maximum Gasteiger partial charge on any atom is 0.266 e. The largest absolute Gasteiger partial charge is 0.490 e. The number of aliphatic imine (C=N–C) groups is 1. The number of benzene rings is 3. The van der Waals surface area contributed by atoms with E-state index in [1.54, 1.807) is 11.9 Å². The lowest BCUT2D eigenvalue weighted by Crippen LogP contribution is -2.36. The number of halogens is 2. The van der Waals surface area contributed by atoms with Gasteiger partial charge in [-0.15, -0.1) is 0 Å². The summed E-state index contributed by atoms with van der Waals surface area (Å²) in [5.74, 6) is 1.15. The molecule has 2 heterocycles. The highest BCUT2D eigenvalue weighted by molar-refractivity contribution is 14.1. The van der Waals surface area contributed by atoms with Crippen LogP contribution in [-0.2, 0) is 16.1 Å². The molecule has 7 nitrogen and oxygen atoms in total. The number of hydrogen-bond donors (Lipinski definition) is 0. The highest BCUT2D eigenvalue weighted by Crippen LogP contribution is 2.40. The van der Waals surface area contributed by atoms with Crippen molar-refractivity contribution < 1.29 is 19.0 Å². The molecule has 208 valence electrons. The van der Waals surface area contributed by atoms with Crippen LogP contribution in [0.5, 0.6) is 11.5 Å². The highest BCUT2D eigenvalue weighted by Gasteiger charge is 2.30. The minimum absolute atomic E-state index is 0.0956. The molecule has 1 amide bonds. The zero-order valence-corrected chi connectivity index (χ0v) is 26.8. The predicted molar refractivity (Wildman–Crippen MR) is 174 cm³/mol. The lowest BCUT2D eigenvalue weighted by Gasteiger charge is -2.28. The van der Waals surface area contributed by atoms with Gasteiger partial charge >= 0.3 is 0 Å². The van der Waals surface area contributed by atoms with Crippen LogP contribution in [0.2, 0.25) is 0 Å². The summed E-state index contributed by atoms with van der Waals surface area (Å²) in [6.45, 7) is 6.10. The molecule has 0 aromatic heterocycles. The fraction of sp³-hybridized carbons (Fsp3) is 0.267. The third-order valence-corrected chi connectivity index (χ3v) is 8.75. The second-order valence-corrected chi connectivity index (χ2v) is 12.3. The van der Waals surface area contributed by atoms with Crippen molar-refractivity contribution in [1.82, 2.24) is 4.90 Å². The average Bonchev–Trinajstić information content (AvgIpc) is 3.22. The van der Waals surface area contributed by atoms with Crippen LogP contribution >= 0.6 is 50.3 Å². The van der Waals surface area contributed by atoms with Crippen LogP contribution in [0.15, 0.2) is 75.0 Å². The molecular weight excluding hydrogens is 705 g/mol. The number of amidine groups is 1. The van der Waals surface area contributed by atoms with Crippen molar-refractivity contribution >= 4 is 78.8 Å². The van der Waals surface area contributed by atoms with Gasteiger partial charge in [-0.25, -0.2) is 4.99 Å². The second-order valence-electron chi connectivity index (χ2n) is 9.16. The summed E-state index contributed by atoms with van der Waals surface area (Å²) in [7, 11) is 1.75. The first-order chi connectivity index (χ1) is 19.4. The van der Waals surface area contributed by atoms with E-state index in [1.165, 1.54) is 15.3 Å². The van der Waals surface area contributed by atoms with Gasteiger partial charge in [0.2, 0.25) is 0 Å². The number of likely N-dealkylation sites (N-methyl/N-ethyl adjacent to an activating group) is 1. The third-order valence-electron chi connectivity index (χ3n) is 6.38. The van der Waals surface area contributed by atoms with E-state index in [4.69, 9.17) is 19.2 Å². The molecule has 0 atom stereocenters. The number of thioether (sulfide) groups is 1. The normalized spacial score (nSPS) is 17.6. The van der Waals surface area contributed by atoms with Gasteiger partial charge in [-0.1, -0.05) is 12.1 Å². The molecule has 0 bridgehead atoms. The van der Waals surface area contributed by atoms with Gasteiger partial charge in [0.25, 0.3) is 5.91 Å². The molecule has 0 unspecified atom stereocenters. The topological polar surface area (TPSA) is 63.6 Å². The maximum atomic E-state index is 13.1. The van der Waals surface area contributed by atoms with E-state index in [0.29, 0.717) is 34.8 Å². The van der Waals surface area contributed by atoms with Gasteiger partial charge in [0.1, 0.15) is 6.61 Å². The van der Waals surface area contributed by atoms with Crippen LogP contribution in [0.3, 0.4) is 0 Å². The Bertz CT molecular complexity index is 1420. The molecule has 0 radical (unpaired) electrons. The van der Waals surface area contributed by atoms with Crippen molar-refractivity contribution in [3.05, 3.63) is 84.7 Å². The monoisotopic (exact) mass is 733 g/mol. The molecule has 5 rings (SSSR count). The Labute approximate surface area is 260 Å². The van der Waals surface area contributed by atoms with Gasteiger partial charge in [0.05, 0.1) is 34.9 Å². The van der Waals surface area contributed by atoms with Crippen molar-refractivity contribution in [3.8, 4) is 11.5 Å². The summed E-state index contributed by atoms with van der Waals surface area (Å²) in [5, 5.41) is 0.636. The molecule has 40 heavy (non-hydrogen) atoms. The summed E-state index contributed by atoms with van der Waals surface area (Å²) in [4.78, 5) is 22.3. The van der Waals surface area contributed by atoms with Crippen molar-refractivity contribution in [3.63, 3.8) is 0 Å². The molecule has 10 heteroatoms. The Morgan fingerprint density at radius 2 is 1.80 bits per heavy atom. The Morgan fingerprint density at radius 1 is 1.07 bits per heavy atom. The number of morpholine rings is 1. The Kier molecular flexibility index (Phi) is 9.72. The number of hydrogen-bond acceptors (Lipinski definition) is 7. The lowest BCUT2D eigenvalue weighted by molar-refractivity contribution is -0.121. The van der Waals surface area contributed by atoms with E-state index in [9.17, 15) is 4.79 Å². The van der Waals surface area contributed by atoms with E-state index in [-0.39, 0.29) is 5.91 Å². The fourth-order valence-corrected chi connectivity index (χ4v) is 6.20. The summed E-state index contributed by atoms with van der Waals surface area (Å²) < 4.78 is 19.4. The third kappa shape index (κ3) is 7.02. The minimum atomic E-state index is -0.0956. The molecule has 0 aliphatic carbocycles. The Morgan fingerprint density at radius 3 is 2.50 bits per heavy atom. The smallest absolute Gasteiger partial charge is 0.266 e.